The molecule has 2 amide bonds. The van der Waals surface area contributed by atoms with Crippen molar-refractivity contribution in [2.75, 3.05) is 20.3 Å². The Kier molecular flexibility index (Phi) is 6.99. The zero-order valence-electron chi connectivity index (χ0n) is 25.4. The number of halogens is 3. The second-order valence-electron chi connectivity index (χ2n) is 12.2. The van der Waals surface area contributed by atoms with Gasteiger partial charge in [-0.05, 0) is 75.1 Å². The summed E-state index contributed by atoms with van der Waals surface area (Å²) in [4.78, 5) is 35.5. The van der Waals surface area contributed by atoms with Gasteiger partial charge in [-0.1, -0.05) is 11.6 Å². The lowest BCUT2D eigenvalue weighted by molar-refractivity contribution is -0.286. The summed E-state index contributed by atoms with van der Waals surface area (Å²) in [6.45, 7) is 3.04. The molecule has 1 unspecified atom stereocenters. The number of ether oxygens (including phenoxy) is 4. The van der Waals surface area contributed by atoms with Crippen molar-refractivity contribution in [3.05, 3.63) is 70.0 Å². The summed E-state index contributed by atoms with van der Waals surface area (Å²) in [6, 6.07) is 10.6. The smallest absolute Gasteiger partial charge is 0.494 e. The molecule has 0 radical (unpaired) electrons. The number of nitrogens with zero attached hydrogens (tertiary/aromatic N) is 2. The van der Waals surface area contributed by atoms with Crippen molar-refractivity contribution in [3.8, 4) is 34.3 Å². The molecule has 2 aromatic heterocycles. The third-order valence-corrected chi connectivity index (χ3v) is 9.38. The first-order chi connectivity index (χ1) is 22.2. The van der Waals surface area contributed by atoms with E-state index in [1.807, 2.05) is 0 Å². The number of methoxy groups -OCH3 is 1. The number of benzene rings is 2. The molecule has 3 aliphatic rings. The first-order valence-electron chi connectivity index (χ1n) is 14.8. The molecule has 4 heterocycles. The average molecular weight is 667 g/mol. The molecule has 1 fully saturated rings. The molecule has 2 atom stereocenters. The largest absolute Gasteiger partial charge is 0.586 e. The number of hydrogen-bond acceptors (Lipinski definition) is 9. The van der Waals surface area contributed by atoms with Gasteiger partial charge in [0.25, 0.3) is 5.91 Å². The molecule has 0 saturated heterocycles. The van der Waals surface area contributed by atoms with Gasteiger partial charge in [0.05, 0.1) is 30.1 Å². The van der Waals surface area contributed by atoms with Crippen molar-refractivity contribution >= 4 is 34.3 Å². The molecule has 0 bridgehead atoms. The number of amides is 2. The normalized spacial score (nSPS) is 20.3. The lowest BCUT2D eigenvalue weighted by atomic mass is 9.81. The van der Waals surface area contributed by atoms with Crippen LogP contribution in [0.5, 0.6) is 23.0 Å². The summed E-state index contributed by atoms with van der Waals surface area (Å²) in [5.41, 5.74) is 5.26. The van der Waals surface area contributed by atoms with E-state index >= 15 is 0 Å². The molecule has 2 aromatic carbocycles. The minimum atomic E-state index is -3.83. The number of nitrogens with two attached hydrogens (primary N) is 1. The minimum absolute atomic E-state index is 0.0980. The van der Waals surface area contributed by atoms with Gasteiger partial charge in [-0.2, -0.15) is 0 Å². The van der Waals surface area contributed by atoms with Crippen LogP contribution in [0, 0.1) is 12.8 Å². The van der Waals surface area contributed by atoms with E-state index in [-0.39, 0.29) is 53.3 Å². The second-order valence-corrected chi connectivity index (χ2v) is 12.6. The molecule has 1 saturated carbocycles. The number of nitrogens with one attached hydrogen (secondary N) is 1. The second kappa shape index (κ2) is 10.6. The van der Waals surface area contributed by atoms with E-state index in [0.717, 1.165) is 0 Å². The number of pyridine rings is 2. The fourth-order valence-electron chi connectivity index (χ4n) is 6.03. The van der Waals surface area contributed by atoms with Crippen LogP contribution in [0.15, 0.2) is 42.5 Å². The van der Waals surface area contributed by atoms with Crippen molar-refractivity contribution in [1.82, 2.24) is 15.3 Å². The SMILES string of the molecule is COc1cc(C(=O)NCC(O)(c2cc3c(c(-c4ccc5c(c4)OC(F)(F)O5)n2)OC[C@]3(C)C(N)=O)C2CC2)cc2cc(Cl)c(C)nc12. The Morgan fingerprint density at radius 2 is 1.89 bits per heavy atom. The molecule has 0 spiro atoms. The van der Waals surface area contributed by atoms with E-state index in [1.165, 1.54) is 25.3 Å². The third-order valence-electron chi connectivity index (χ3n) is 9.00. The van der Waals surface area contributed by atoms with Crippen LogP contribution >= 0.6 is 11.6 Å². The Bertz CT molecular complexity index is 2010. The summed E-state index contributed by atoms with van der Waals surface area (Å²) < 4.78 is 48.2. The Balaban J connectivity index is 1.28. The summed E-state index contributed by atoms with van der Waals surface area (Å²) in [6.07, 6.45) is -2.53. The molecule has 1 aliphatic carbocycles. The molecule has 14 heteroatoms. The van der Waals surface area contributed by atoms with Gasteiger partial charge in [0.15, 0.2) is 11.5 Å². The van der Waals surface area contributed by atoms with Crippen LogP contribution in [-0.2, 0) is 15.8 Å². The number of primary amides is 1. The maximum absolute atomic E-state index is 13.8. The molecule has 7 rings (SSSR count). The highest BCUT2D eigenvalue weighted by Gasteiger charge is 2.50. The van der Waals surface area contributed by atoms with Crippen molar-refractivity contribution < 1.29 is 42.4 Å². The zero-order chi connectivity index (χ0) is 33.5. The summed E-state index contributed by atoms with van der Waals surface area (Å²) in [7, 11) is 1.47. The van der Waals surface area contributed by atoms with E-state index in [4.69, 9.17) is 31.8 Å². The molecular weight excluding hydrogens is 638 g/mol. The minimum Gasteiger partial charge on any atom is -0.494 e. The lowest BCUT2D eigenvalue weighted by Crippen LogP contribution is -2.44. The molecule has 47 heavy (non-hydrogen) atoms. The van der Waals surface area contributed by atoms with Crippen LogP contribution in [0.25, 0.3) is 22.2 Å². The fraction of sp³-hybridized carbons (Fsp3) is 0.333. The van der Waals surface area contributed by atoms with Gasteiger partial charge in [-0.3, -0.25) is 9.59 Å². The Hall–Kier alpha value is -4.75. The van der Waals surface area contributed by atoms with Crippen molar-refractivity contribution in [1.29, 1.82) is 0 Å². The molecule has 244 valence electrons. The van der Waals surface area contributed by atoms with Gasteiger partial charge in [0.2, 0.25) is 5.91 Å². The summed E-state index contributed by atoms with van der Waals surface area (Å²) in [5, 5.41) is 16.1. The van der Waals surface area contributed by atoms with Gasteiger partial charge in [0, 0.05) is 22.1 Å². The number of aliphatic hydroxyl groups is 1. The summed E-state index contributed by atoms with van der Waals surface area (Å²) >= 11 is 6.29. The first kappa shape index (κ1) is 30.9. The van der Waals surface area contributed by atoms with Crippen LogP contribution in [0.3, 0.4) is 0 Å². The quantitative estimate of drug-likeness (QED) is 0.242. The maximum atomic E-state index is 13.8. The predicted molar refractivity (Wildman–Crippen MR) is 165 cm³/mol. The Labute approximate surface area is 271 Å². The van der Waals surface area contributed by atoms with Crippen molar-refractivity contribution in [2.24, 2.45) is 11.7 Å². The molecule has 4 aromatic rings. The van der Waals surface area contributed by atoms with E-state index in [9.17, 15) is 23.5 Å². The first-order valence-corrected chi connectivity index (χ1v) is 15.1. The molecular formula is C33H29ClF2N4O7. The Morgan fingerprint density at radius 1 is 1.15 bits per heavy atom. The standard InChI is InChI=1S/C33H29ClF2N4O7/c1-15-21(34)9-17-8-18(11-24(44-3)26(17)39-15)29(41)38-13-32(43,19-5-6-19)25-12-20-28(45-14-31(20,2)30(37)42)27(40-25)16-4-7-22-23(10-16)47-33(35,36)46-22/h4,7-12,19,43H,5-6,13-14H2,1-3H3,(H2,37,42)(H,38,41)/t31-,32?/m0/s1. The fourth-order valence-corrected chi connectivity index (χ4v) is 6.19. The Morgan fingerprint density at radius 3 is 2.60 bits per heavy atom. The number of hydrogen-bond donors (Lipinski definition) is 3. The van der Waals surface area contributed by atoms with Gasteiger partial charge >= 0.3 is 6.29 Å². The maximum Gasteiger partial charge on any atom is 0.586 e. The monoisotopic (exact) mass is 666 g/mol. The number of carbonyl (C=O) groups is 2. The van der Waals surface area contributed by atoms with Gasteiger partial charge < -0.3 is 35.1 Å². The lowest BCUT2D eigenvalue weighted by Gasteiger charge is -2.30. The van der Waals surface area contributed by atoms with Crippen molar-refractivity contribution in [3.63, 3.8) is 0 Å². The van der Waals surface area contributed by atoms with Crippen molar-refractivity contribution in [2.45, 2.75) is 44.0 Å². The number of fused-ring (bicyclic) bond motifs is 3. The van der Waals surface area contributed by atoms with Crippen LogP contribution in [0.4, 0.5) is 8.78 Å². The van der Waals surface area contributed by atoms with E-state index < -0.39 is 29.1 Å². The van der Waals surface area contributed by atoms with Crippen LogP contribution in [0.2, 0.25) is 5.02 Å². The summed E-state index contributed by atoms with van der Waals surface area (Å²) in [5.74, 6) is -1.23. The number of carbonyl (C=O) groups excluding carboxylic acids is 2. The third kappa shape index (κ3) is 5.13. The van der Waals surface area contributed by atoms with Gasteiger partial charge in [-0.15, -0.1) is 8.78 Å². The average Bonchev–Trinajstić information content (AvgIpc) is 3.77. The van der Waals surface area contributed by atoms with Gasteiger partial charge in [-0.25, -0.2) is 9.97 Å². The number of alkyl halides is 2. The van der Waals surface area contributed by atoms with E-state index in [1.54, 1.807) is 38.1 Å². The topological polar surface area (TPSA) is 155 Å². The van der Waals surface area contributed by atoms with E-state index in [2.05, 4.69) is 19.8 Å². The number of aromatic nitrogens is 2. The van der Waals surface area contributed by atoms with E-state index in [0.29, 0.717) is 51.3 Å². The zero-order valence-corrected chi connectivity index (χ0v) is 26.2. The van der Waals surface area contributed by atoms with Crippen LogP contribution < -0.4 is 30.0 Å². The predicted octanol–water partition coefficient (Wildman–Crippen LogP) is 4.75. The molecule has 4 N–H and O–H groups in total. The van der Waals surface area contributed by atoms with Crippen LogP contribution in [-0.4, -0.2) is 53.4 Å². The highest BCUT2D eigenvalue weighted by Crippen LogP contribution is 2.51. The molecule has 2 aliphatic heterocycles. The van der Waals surface area contributed by atoms with Gasteiger partial charge in [0.1, 0.15) is 40.3 Å². The number of aryl methyl sites for hydroxylation is 1. The highest BCUT2D eigenvalue weighted by molar-refractivity contribution is 6.31. The number of rotatable bonds is 8. The molecule has 11 nitrogen and oxygen atoms in total. The highest BCUT2D eigenvalue weighted by atomic mass is 35.5. The van der Waals surface area contributed by atoms with Crippen LogP contribution in [0.1, 0.15) is 47.1 Å².